The molecule has 1 fully saturated rings. The molecule has 1 saturated heterocycles. The molecule has 0 aromatic heterocycles. The number of hydrogen-bond acceptors (Lipinski definition) is 4. The predicted molar refractivity (Wildman–Crippen MR) is 101 cm³/mol. The van der Waals surface area contributed by atoms with E-state index in [1.165, 1.54) is 25.1 Å². The highest BCUT2D eigenvalue weighted by molar-refractivity contribution is 9.10. The Balaban J connectivity index is 1.96. The standard InChI is InChI=1S/C19H13BrF6N2O4/c1-9-16(10-4-12(18(21,22)23)7-13(5-10)19(24,25)26)32-17(29)27(9)8-11-6-14(28(30)31)2-3-15(11)20/h2-7,9,16H,8H2,1H3/t9-,16+/m1/s1. The molecule has 1 aliphatic heterocycles. The van der Waals surface area contributed by atoms with Crippen molar-refractivity contribution in [1.82, 2.24) is 4.90 Å². The average molecular weight is 527 g/mol. The molecule has 0 bridgehead atoms. The van der Waals surface area contributed by atoms with Crippen LogP contribution < -0.4 is 0 Å². The molecule has 1 heterocycles. The third kappa shape index (κ3) is 4.81. The van der Waals surface area contributed by atoms with Crippen molar-refractivity contribution >= 4 is 27.7 Å². The second-order valence-electron chi connectivity index (χ2n) is 7.04. The summed E-state index contributed by atoms with van der Waals surface area (Å²) >= 11 is 3.20. The van der Waals surface area contributed by atoms with Crippen LogP contribution in [0.3, 0.4) is 0 Å². The maximum Gasteiger partial charge on any atom is 0.416 e. The van der Waals surface area contributed by atoms with Crippen LogP contribution in [0.1, 0.15) is 35.3 Å². The van der Waals surface area contributed by atoms with E-state index in [9.17, 15) is 41.3 Å². The largest absolute Gasteiger partial charge is 0.439 e. The van der Waals surface area contributed by atoms with Crippen molar-refractivity contribution in [2.75, 3.05) is 0 Å². The highest BCUT2D eigenvalue weighted by Crippen LogP contribution is 2.41. The van der Waals surface area contributed by atoms with Crippen LogP contribution >= 0.6 is 15.9 Å². The summed E-state index contributed by atoms with van der Waals surface area (Å²) in [6.45, 7) is 1.18. The fourth-order valence-corrected chi connectivity index (χ4v) is 3.65. The van der Waals surface area contributed by atoms with E-state index in [-0.39, 0.29) is 18.3 Å². The van der Waals surface area contributed by atoms with Gasteiger partial charge in [0.2, 0.25) is 0 Å². The van der Waals surface area contributed by atoms with E-state index in [0.29, 0.717) is 22.2 Å². The summed E-state index contributed by atoms with van der Waals surface area (Å²) in [5.74, 6) is 0. The van der Waals surface area contributed by atoms with Gasteiger partial charge >= 0.3 is 18.4 Å². The zero-order valence-electron chi connectivity index (χ0n) is 16.0. The fraction of sp³-hybridized carbons (Fsp3) is 0.316. The van der Waals surface area contributed by atoms with Crippen LogP contribution in [0.15, 0.2) is 40.9 Å². The maximum absolute atomic E-state index is 13.2. The van der Waals surface area contributed by atoms with Gasteiger partial charge in [-0.25, -0.2) is 4.79 Å². The molecule has 2 aromatic rings. The Bertz CT molecular complexity index is 1040. The second kappa shape index (κ2) is 8.26. The van der Waals surface area contributed by atoms with E-state index in [4.69, 9.17) is 4.74 Å². The Morgan fingerprint density at radius 2 is 1.62 bits per heavy atom. The third-order valence-corrected chi connectivity index (χ3v) is 5.69. The van der Waals surface area contributed by atoms with Crippen LogP contribution in [0, 0.1) is 10.1 Å². The number of nitro benzene ring substituents is 1. The molecule has 0 aliphatic carbocycles. The number of cyclic esters (lactones) is 1. The summed E-state index contributed by atoms with van der Waals surface area (Å²) in [4.78, 5) is 23.8. The first kappa shape index (κ1) is 23.8. The molecular formula is C19H13BrF6N2O4. The van der Waals surface area contributed by atoms with E-state index < -0.39 is 52.2 Å². The van der Waals surface area contributed by atoms with E-state index >= 15 is 0 Å². The number of carbonyl (C=O) groups is 1. The molecular weight excluding hydrogens is 514 g/mol. The number of carbonyl (C=O) groups excluding carboxylic acids is 1. The van der Waals surface area contributed by atoms with Crippen LogP contribution in [0.5, 0.6) is 0 Å². The lowest BCUT2D eigenvalue weighted by atomic mass is 9.97. The van der Waals surface area contributed by atoms with Gasteiger partial charge in [0.05, 0.1) is 28.6 Å². The first-order valence-corrected chi connectivity index (χ1v) is 9.67. The molecule has 32 heavy (non-hydrogen) atoms. The smallest absolute Gasteiger partial charge is 0.416 e. The van der Waals surface area contributed by atoms with Gasteiger partial charge in [-0.2, -0.15) is 26.3 Å². The number of rotatable bonds is 4. The number of benzene rings is 2. The summed E-state index contributed by atoms with van der Waals surface area (Å²) in [5.41, 5.74) is -3.46. The van der Waals surface area contributed by atoms with Crippen molar-refractivity contribution in [3.8, 4) is 0 Å². The zero-order valence-corrected chi connectivity index (χ0v) is 17.6. The van der Waals surface area contributed by atoms with Gasteiger partial charge in [-0.05, 0) is 42.3 Å². The summed E-state index contributed by atoms with van der Waals surface area (Å²) in [6.07, 6.45) is -12.5. The number of alkyl halides is 6. The first-order valence-electron chi connectivity index (χ1n) is 8.88. The minimum Gasteiger partial charge on any atom is -0.439 e. The monoisotopic (exact) mass is 526 g/mol. The minimum absolute atomic E-state index is 0.0110. The van der Waals surface area contributed by atoms with Crippen LogP contribution in [0.4, 0.5) is 36.8 Å². The number of ether oxygens (including phenoxy) is 1. The molecule has 172 valence electrons. The average Bonchev–Trinajstić information content (AvgIpc) is 2.96. The molecule has 3 rings (SSSR count). The van der Waals surface area contributed by atoms with Crippen LogP contribution in [0.2, 0.25) is 0 Å². The molecule has 6 nitrogen and oxygen atoms in total. The summed E-state index contributed by atoms with van der Waals surface area (Å²) < 4.78 is 84.5. The molecule has 1 amide bonds. The summed E-state index contributed by atoms with van der Waals surface area (Å²) in [5, 5.41) is 11.0. The Hall–Kier alpha value is -2.83. The van der Waals surface area contributed by atoms with Gasteiger partial charge in [0.25, 0.3) is 5.69 Å². The molecule has 0 saturated carbocycles. The summed E-state index contributed by atoms with van der Waals surface area (Å²) in [7, 11) is 0. The van der Waals surface area contributed by atoms with Crippen LogP contribution in [0.25, 0.3) is 0 Å². The van der Waals surface area contributed by atoms with E-state index in [1.54, 1.807) is 0 Å². The number of hydrogen-bond donors (Lipinski definition) is 0. The highest BCUT2D eigenvalue weighted by Gasteiger charge is 2.43. The van der Waals surface area contributed by atoms with Gasteiger partial charge in [0.15, 0.2) is 0 Å². The van der Waals surface area contributed by atoms with Gasteiger partial charge in [-0.3, -0.25) is 15.0 Å². The highest BCUT2D eigenvalue weighted by atomic mass is 79.9. The Kier molecular flexibility index (Phi) is 6.15. The van der Waals surface area contributed by atoms with Crippen molar-refractivity contribution in [3.63, 3.8) is 0 Å². The molecule has 0 radical (unpaired) electrons. The van der Waals surface area contributed by atoms with Gasteiger partial charge in [-0.1, -0.05) is 15.9 Å². The maximum atomic E-state index is 13.2. The van der Waals surface area contributed by atoms with E-state index in [2.05, 4.69) is 15.9 Å². The SMILES string of the molecule is C[C@@H]1[C@@H](c2cc(C(F)(F)F)cc(C(F)(F)F)c2)OC(=O)N1Cc1cc([N+](=O)[O-])ccc1Br. The lowest BCUT2D eigenvalue weighted by Crippen LogP contribution is -2.31. The van der Waals surface area contributed by atoms with Crippen LogP contribution in [-0.2, 0) is 23.6 Å². The number of nitro groups is 1. The quantitative estimate of drug-likeness (QED) is 0.260. The first-order chi connectivity index (χ1) is 14.7. The van der Waals surface area contributed by atoms with Crippen LogP contribution in [-0.4, -0.2) is 22.0 Å². The van der Waals surface area contributed by atoms with Crippen molar-refractivity contribution in [1.29, 1.82) is 0 Å². The van der Waals surface area contributed by atoms with Crippen molar-refractivity contribution in [2.24, 2.45) is 0 Å². The summed E-state index contributed by atoms with van der Waals surface area (Å²) in [6, 6.07) is 3.86. The Morgan fingerprint density at radius 1 is 1.06 bits per heavy atom. The number of amides is 1. The Labute approximate surface area is 185 Å². The second-order valence-corrected chi connectivity index (χ2v) is 7.90. The number of nitrogens with zero attached hydrogens (tertiary/aromatic N) is 2. The predicted octanol–water partition coefficient (Wildman–Crippen LogP) is 6.48. The van der Waals surface area contributed by atoms with Gasteiger partial charge in [-0.15, -0.1) is 0 Å². The fourth-order valence-electron chi connectivity index (χ4n) is 3.28. The van der Waals surface area contributed by atoms with Gasteiger partial charge < -0.3 is 4.74 Å². The van der Waals surface area contributed by atoms with Gasteiger partial charge in [0, 0.05) is 16.6 Å². The molecule has 0 unspecified atom stereocenters. The molecule has 2 aromatic carbocycles. The molecule has 0 spiro atoms. The van der Waals surface area contributed by atoms with Crippen molar-refractivity contribution < 1.29 is 40.8 Å². The van der Waals surface area contributed by atoms with Crippen molar-refractivity contribution in [3.05, 3.63) is 73.2 Å². The lowest BCUT2D eigenvalue weighted by Gasteiger charge is -2.22. The molecule has 13 heteroatoms. The zero-order chi connectivity index (χ0) is 24.0. The van der Waals surface area contributed by atoms with E-state index in [0.717, 1.165) is 4.90 Å². The lowest BCUT2D eigenvalue weighted by molar-refractivity contribution is -0.384. The number of halogens is 7. The van der Waals surface area contributed by atoms with Gasteiger partial charge in [0.1, 0.15) is 6.10 Å². The topological polar surface area (TPSA) is 72.7 Å². The Morgan fingerprint density at radius 3 is 2.12 bits per heavy atom. The molecule has 1 aliphatic rings. The third-order valence-electron chi connectivity index (χ3n) is 4.91. The molecule has 0 N–H and O–H groups in total. The number of non-ortho nitro benzene ring substituents is 1. The normalized spacial score (nSPS) is 19.2. The molecule has 2 atom stereocenters. The minimum atomic E-state index is -5.05. The van der Waals surface area contributed by atoms with Crippen molar-refractivity contribution in [2.45, 2.75) is 38.0 Å². The van der Waals surface area contributed by atoms with E-state index in [1.807, 2.05) is 0 Å².